The van der Waals surface area contributed by atoms with E-state index in [-0.39, 0.29) is 11.8 Å². The molecule has 1 atom stereocenters. The molecule has 0 heterocycles. The number of rotatable bonds is 12. The van der Waals surface area contributed by atoms with E-state index in [4.69, 9.17) is 4.74 Å². The van der Waals surface area contributed by atoms with Gasteiger partial charge in [0.2, 0.25) is 5.91 Å². The first kappa shape index (κ1) is 27.2. The number of nitrogens with one attached hydrogen (secondary N) is 3. The molecule has 0 aromatic heterocycles. The lowest BCUT2D eigenvalue weighted by molar-refractivity contribution is -0.123. The van der Waals surface area contributed by atoms with Crippen LogP contribution in [-0.4, -0.2) is 38.1 Å². The van der Waals surface area contributed by atoms with Crippen LogP contribution in [0, 0.1) is 5.92 Å². The number of amides is 2. The summed E-state index contributed by atoms with van der Waals surface area (Å²) in [4.78, 5) is 26.3. The summed E-state index contributed by atoms with van der Waals surface area (Å²) < 4.78 is 5.19. The molecule has 1 unspecified atom stereocenters. The van der Waals surface area contributed by atoms with Crippen LogP contribution >= 0.6 is 0 Å². The van der Waals surface area contributed by atoms with Gasteiger partial charge in [-0.2, -0.15) is 0 Å². The summed E-state index contributed by atoms with van der Waals surface area (Å²) in [6, 6.07) is 24.7. The Labute approximate surface area is 226 Å². The Kier molecular flexibility index (Phi) is 10.2. The third kappa shape index (κ3) is 8.10. The van der Waals surface area contributed by atoms with Crippen molar-refractivity contribution in [1.29, 1.82) is 0 Å². The lowest BCUT2D eigenvalue weighted by atomic mass is 9.85. The molecule has 2 amide bonds. The molecule has 3 aromatic rings. The van der Waals surface area contributed by atoms with Crippen LogP contribution < -0.4 is 20.7 Å². The first-order valence-electron chi connectivity index (χ1n) is 13.7. The van der Waals surface area contributed by atoms with Gasteiger partial charge in [0, 0.05) is 24.3 Å². The maximum Gasteiger partial charge on any atom is 0.251 e. The second kappa shape index (κ2) is 14.2. The molecule has 0 radical (unpaired) electrons. The van der Waals surface area contributed by atoms with Crippen LogP contribution in [0.3, 0.4) is 0 Å². The molecule has 1 aliphatic rings. The Morgan fingerprint density at radius 1 is 0.842 bits per heavy atom. The summed E-state index contributed by atoms with van der Waals surface area (Å²) in [6.07, 6.45) is 7.87. The van der Waals surface area contributed by atoms with Gasteiger partial charge in [-0.05, 0) is 66.3 Å². The first-order valence-corrected chi connectivity index (χ1v) is 13.7. The number of methoxy groups -OCH3 is 1. The standard InChI is InChI=1S/C32H39N3O3/c1-38-29-19-17-28(18-20-29)33-22-23-34-32(37)30(21-12-24-8-4-2-5-9-24)35-31(36)27-15-13-26(14-16-27)25-10-6-3-7-11-25/h3,6-7,10-11,13-20,24,30,33H,2,4-5,8-9,12,21-23H2,1H3,(H,34,37)(H,35,36). The highest BCUT2D eigenvalue weighted by atomic mass is 16.5. The third-order valence-corrected chi connectivity index (χ3v) is 7.31. The zero-order valence-electron chi connectivity index (χ0n) is 22.2. The van der Waals surface area contributed by atoms with Crippen LogP contribution in [0.1, 0.15) is 55.3 Å². The molecule has 3 aromatic carbocycles. The van der Waals surface area contributed by atoms with Gasteiger partial charge in [0.1, 0.15) is 11.8 Å². The Hall–Kier alpha value is -3.80. The Morgan fingerprint density at radius 2 is 1.53 bits per heavy atom. The highest BCUT2D eigenvalue weighted by Crippen LogP contribution is 2.28. The maximum absolute atomic E-state index is 13.1. The van der Waals surface area contributed by atoms with Crippen molar-refractivity contribution >= 4 is 17.5 Å². The molecular weight excluding hydrogens is 474 g/mol. The van der Waals surface area contributed by atoms with E-state index in [0.717, 1.165) is 29.0 Å². The van der Waals surface area contributed by atoms with Gasteiger partial charge in [-0.1, -0.05) is 74.6 Å². The van der Waals surface area contributed by atoms with Crippen molar-refractivity contribution in [3.8, 4) is 16.9 Å². The zero-order chi connectivity index (χ0) is 26.6. The van der Waals surface area contributed by atoms with Crippen LogP contribution in [-0.2, 0) is 4.79 Å². The summed E-state index contributed by atoms with van der Waals surface area (Å²) in [5.74, 6) is 1.09. The average Bonchev–Trinajstić information content (AvgIpc) is 2.98. The van der Waals surface area contributed by atoms with Gasteiger partial charge in [0.05, 0.1) is 7.11 Å². The lowest BCUT2D eigenvalue weighted by Gasteiger charge is -2.24. The van der Waals surface area contributed by atoms with Crippen molar-refractivity contribution in [3.63, 3.8) is 0 Å². The molecule has 0 bridgehead atoms. The molecule has 0 saturated heterocycles. The summed E-state index contributed by atoms with van der Waals surface area (Å²) >= 11 is 0. The van der Waals surface area contributed by atoms with Gasteiger partial charge in [-0.15, -0.1) is 0 Å². The normalized spacial score (nSPS) is 14.3. The molecule has 200 valence electrons. The molecule has 1 saturated carbocycles. The monoisotopic (exact) mass is 513 g/mol. The first-order chi connectivity index (χ1) is 18.6. The van der Waals surface area contributed by atoms with Crippen molar-refractivity contribution in [2.75, 3.05) is 25.5 Å². The van der Waals surface area contributed by atoms with Gasteiger partial charge in [0.15, 0.2) is 0 Å². The maximum atomic E-state index is 13.1. The van der Waals surface area contributed by atoms with Gasteiger partial charge < -0.3 is 20.7 Å². The van der Waals surface area contributed by atoms with E-state index < -0.39 is 6.04 Å². The number of hydrogen-bond acceptors (Lipinski definition) is 4. The number of carbonyl (C=O) groups excluding carboxylic acids is 2. The number of hydrogen-bond donors (Lipinski definition) is 3. The average molecular weight is 514 g/mol. The van der Waals surface area contributed by atoms with Crippen molar-refractivity contribution in [3.05, 3.63) is 84.4 Å². The molecule has 6 nitrogen and oxygen atoms in total. The topological polar surface area (TPSA) is 79.5 Å². The third-order valence-electron chi connectivity index (χ3n) is 7.31. The second-order valence-corrected chi connectivity index (χ2v) is 10.00. The van der Waals surface area contributed by atoms with E-state index >= 15 is 0 Å². The van der Waals surface area contributed by atoms with Gasteiger partial charge in [-0.3, -0.25) is 9.59 Å². The fraction of sp³-hybridized carbons (Fsp3) is 0.375. The Morgan fingerprint density at radius 3 is 2.21 bits per heavy atom. The molecule has 0 spiro atoms. The van der Waals surface area contributed by atoms with Crippen LogP contribution in [0.4, 0.5) is 5.69 Å². The van der Waals surface area contributed by atoms with Crippen molar-refractivity contribution in [1.82, 2.24) is 10.6 Å². The molecule has 6 heteroatoms. The lowest BCUT2D eigenvalue weighted by Crippen LogP contribution is -2.47. The molecule has 0 aliphatic heterocycles. The van der Waals surface area contributed by atoms with E-state index in [1.54, 1.807) is 7.11 Å². The molecule has 38 heavy (non-hydrogen) atoms. The summed E-state index contributed by atoms with van der Waals surface area (Å²) in [5, 5.41) is 9.33. The van der Waals surface area contributed by atoms with E-state index in [2.05, 4.69) is 16.0 Å². The number of carbonyl (C=O) groups is 2. The molecule has 4 rings (SSSR count). The predicted molar refractivity (Wildman–Crippen MR) is 153 cm³/mol. The SMILES string of the molecule is COc1ccc(NCCNC(=O)C(CCC2CCCCC2)NC(=O)c2ccc(-c3ccccc3)cc2)cc1. The van der Waals surface area contributed by atoms with Crippen molar-refractivity contribution < 1.29 is 14.3 Å². The minimum Gasteiger partial charge on any atom is -0.497 e. The highest BCUT2D eigenvalue weighted by molar-refractivity contribution is 5.97. The van der Waals surface area contributed by atoms with Crippen molar-refractivity contribution in [2.45, 2.75) is 51.0 Å². The Balaban J connectivity index is 1.33. The number of anilines is 1. The zero-order valence-corrected chi connectivity index (χ0v) is 22.2. The quantitative estimate of drug-likeness (QED) is 0.258. The smallest absolute Gasteiger partial charge is 0.251 e. The summed E-state index contributed by atoms with van der Waals surface area (Å²) in [7, 11) is 1.64. The minimum absolute atomic E-state index is 0.133. The molecule has 1 aliphatic carbocycles. The van der Waals surface area contributed by atoms with Crippen LogP contribution in [0.15, 0.2) is 78.9 Å². The van der Waals surface area contributed by atoms with Crippen LogP contribution in [0.5, 0.6) is 5.75 Å². The number of benzene rings is 3. The van der Waals surface area contributed by atoms with E-state index in [0.29, 0.717) is 31.0 Å². The molecular formula is C32H39N3O3. The minimum atomic E-state index is -0.556. The Bertz CT molecular complexity index is 1140. The summed E-state index contributed by atoms with van der Waals surface area (Å²) in [6.45, 7) is 1.05. The van der Waals surface area contributed by atoms with Gasteiger partial charge >= 0.3 is 0 Å². The molecule has 3 N–H and O–H groups in total. The van der Waals surface area contributed by atoms with E-state index in [9.17, 15) is 9.59 Å². The van der Waals surface area contributed by atoms with Gasteiger partial charge in [-0.25, -0.2) is 0 Å². The highest BCUT2D eigenvalue weighted by Gasteiger charge is 2.23. The molecule has 1 fully saturated rings. The van der Waals surface area contributed by atoms with Crippen molar-refractivity contribution in [2.24, 2.45) is 5.92 Å². The fourth-order valence-electron chi connectivity index (χ4n) is 5.06. The second-order valence-electron chi connectivity index (χ2n) is 10.00. The van der Waals surface area contributed by atoms with Crippen LogP contribution in [0.2, 0.25) is 0 Å². The van der Waals surface area contributed by atoms with Gasteiger partial charge in [0.25, 0.3) is 5.91 Å². The largest absolute Gasteiger partial charge is 0.497 e. The predicted octanol–water partition coefficient (Wildman–Crippen LogP) is 6.05. The fourth-order valence-corrected chi connectivity index (χ4v) is 5.06. The number of ether oxygens (including phenoxy) is 1. The van der Waals surface area contributed by atoms with E-state index in [1.807, 2.05) is 78.9 Å². The van der Waals surface area contributed by atoms with E-state index in [1.165, 1.54) is 32.1 Å². The van der Waals surface area contributed by atoms with Crippen LogP contribution in [0.25, 0.3) is 11.1 Å². The summed E-state index contributed by atoms with van der Waals surface area (Å²) in [5.41, 5.74) is 3.67.